The largest absolute Gasteiger partial charge is 0.480 e. The van der Waals surface area contributed by atoms with Gasteiger partial charge in [0, 0.05) is 18.9 Å². The van der Waals surface area contributed by atoms with E-state index in [2.05, 4.69) is 4.98 Å². The zero-order valence-electron chi connectivity index (χ0n) is 8.18. The number of pyridine rings is 1. The van der Waals surface area contributed by atoms with Crippen molar-refractivity contribution in [2.24, 2.45) is 0 Å². The first-order valence-corrected chi connectivity index (χ1v) is 4.55. The van der Waals surface area contributed by atoms with E-state index in [1.54, 1.807) is 12.4 Å². The van der Waals surface area contributed by atoms with Crippen molar-refractivity contribution in [3.05, 3.63) is 30.1 Å². The summed E-state index contributed by atoms with van der Waals surface area (Å²) in [5, 5.41) is 8.64. The molecule has 0 atom stereocenters. The van der Waals surface area contributed by atoms with Crippen molar-refractivity contribution in [2.45, 2.75) is 13.5 Å². The number of carboxylic acids is 1. The average molecular weight is 194 g/mol. The molecule has 0 fully saturated rings. The van der Waals surface area contributed by atoms with E-state index in [1.807, 2.05) is 24.0 Å². The highest BCUT2D eigenvalue weighted by Crippen LogP contribution is 2.02. The van der Waals surface area contributed by atoms with Gasteiger partial charge in [-0.15, -0.1) is 0 Å². The van der Waals surface area contributed by atoms with Crippen LogP contribution < -0.4 is 0 Å². The Bertz CT molecular complexity index is 287. The normalized spacial score (nSPS) is 10.4. The van der Waals surface area contributed by atoms with Gasteiger partial charge >= 0.3 is 5.97 Å². The van der Waals surface area contributed by atoms with Crippen molar-refractivity contribution in [3.8, 4) is 0 Å². The minimum Gasteiger partial charge on any atom is -0.480 e. The summed E-state index contributed by atoms with van der Waals surface area (Å²) in [6.07, 6.45) is 3.42. The molecule has 1 rings (SSSR count). The second-order valence-corrected chi connectivity index (χ2v) is 3.05. The fraction of sp³-hybridized carbons (Fsp3) is 0.400. The van der Waals surface area contributed by atoms with E-state index < -0.39 is 5.97 Å². The zero-order valence-corrected chi connectivity index (χ0v) is 8.18. The maximum absolute atomic E-state index is 10.5. The number of nitrogens with zero attached hydrogens (tertiary/aromatic N) is 2. The molecule has 0 saturated heterocycles. The third-order valence-corrected chi connectivity index (χ3v) is 1.96. The summed E-state index contributed by atoms with van der Waals surface area (Å²) in [6, 6.07) is 3.79. The van der Waals surface area contributed by atoms with E-state index >= 15 is 0 Å². The molecule has 4 heteroatoms. The van der Waals surface area contributed by atoms with Gasteiger partial charge in [0.2, 0.25) is 0 Å². The highest BCUT2D eigenvalue weighted by molar-refractivity contribution is 5.69. The molecule has 0 amide bonds. The van der Waals surface area contributed by atoms with Gasteiger partial charge in [-0.25, -0.2) is 0 Å². The molecule has 1 heterocycles. The van der Waals surface area contributed by atoms with Gasteiger partial charge < -0.3 is 5.11 Å². The predicted octanol–water partition coefficient (Wildman–Crippen LogP) is 0.988. The minimum absolute atomic E-state index is 0.0822. The summed E-state index contributed by atoms with van der Waals surface area (Å²) in [6.45, 7) is 3.42. The molecular weight excluding hydrogens is 180 g/mol. The first kappa shape index (κ1) is 10.7. The highest BCUT2D eigenvalue weighted by atomic mass is 16.4. The van der Waals surface area contributed by atoms with Crippen molar-refractivity contribution >= 4 is 5.97 Å². The van der Waals surface area contributed by atoms with Crippen LogP contribution in [0.1, 0.15) is 12.5 Å². The van der Waals surface area contributed by atoms with Gasteiger partial charge in [-0.1, -0.05) is 6.92 Å². The van der Waals surface area contributed by atoms with E-state index in [1.165, 1.54) is 0 Å². The molecule has 4 nitrogen and oxygen atoms in total. The van der Waals surface area contributed by atoms with Gasteiger partial charge in [-0.05, 0) is 24.2 Å². The third kappa shape index (κ3) is 3.53. The lowest BCUT2D eigenvalue weighted by Crippen LogP contribution is -2.29. The Hall–Kier alpha value is -1.42. The van der Waals surface area contributed by atoms with Crippen LogP contribution in [0.4, 0.5) is 0 Å². The molecular formula is C10H14N2O2. The molecule has 0 bridgehead atoms. The maximum Gasteiger partial charge on any atom is 0.317 e. The van der Waals surface area contributed by atoms with Gasteiger partial charge in [-0.2, -0.15) is 0 Å². The second kappa shape index (κ2) is 5.34. The highest BCUT2D eigenvalue weighted by Gasteiger charge is 2.07. The molecule has 0 aliphatic carbocycles. The summed E-state index contributed by atoms with van der Waals surface area (Å²) in [5.74, 6) is -0.791. The Kier molecular flexibility index (Phi) is 4.07. The molecule has 76 valence electrons. The smallest absolute Gasteiger partial charge is 0.317 e. The van der Waals surface area contributed by atoms with Crippen LogP contribution in [0.15, 0.2) is 24.5 Å². The molecule has 0 radical (unpaired) electrons. The zero-order chi connectivity index (χ0) is 10.4. The topological polar surface area (TPSA) is 53.4 Å². The molecule has 1 N–H and O–H groups in total. The lowest BCUT2D eigenvalue weighted by Gasteiger charge is -2.17. The quantitative estimate of drug-likeness (QED) is 0.759. The SMILES string of the molecule is CCN(CC(=O)O)Cc1ccncc1. The lowest BCUT2D eigenvalue weighted by molar-refractivity contribution is -0.138. The van der Waals surface area contributed by atoms with Gasteiger partial charge in [0.15, 0.2) is 0 Å². The number of aliphatic carboxylic acids is 1. The number of carbonyl (C=O) groups is 1. The summed E-state index contributed by atoms with van der Waals surface area (Å²) >= 11 is 0. The fourth-order valence-electron chi connectivity index (χ4n) is 1.22. The van der Waals surface area contributed by atoms with Gasteiger partial charge in [0.25, 0.3) is 0 Å². The first-order valence-electron chi connectivity index (χ1n) is 4.55. The van der Waals surface area contributed by atoms with Crippen molar-refractivity contribution in [2.75, 3.05) is 13.1 Å². The number of carboxylic acid groups (broad SMARTS) is 1. The number of hydrogen-bond acceptors (Lipinski definition) is 3. The van der Waals surface area contributed by atoms with Gasteiger partial charge in [0.1, 0.15) is 0 Å². The second-order valence-electron chi connectivity index (χ2n) is 3.05. The van der Waals surface area contributed by atoms with Gasteiger partial charge in [0.05, 0.1) is 6.54 Å². The van der Waals surface area contributed by atoms with Crippen LogP contribution in [0.5, 0.6) is 0 Å². The summed E-state index contributed by atoms with van der Waals surface area (Å²) < 4.78 is 0. The van der Waals surface area contributed by atoms with Crippen molar-refractivity contribution < 1.29 is 9.90 Å². The van der Waals surface area contributed by atoms with Crippen LogP contribution in [0.3, 0.4) is 0 Å². The molecule has 0 aliphatic heterocycles. The summed E-state index contributed by atoms with van der Waals surface area (Å²) in [4.78, 5) is 16.3. The van der Waals surface area contributed by atoms with Crippen molar-refractivity contribution in [1.29, 1.82) is 0 Å². The van der Waals surface area contributed by atoms with E-state index in [9.17, 15) is 4.79 Å². The molecule has 1 aromatic heterocycles. The van der Waals surface area contributed by atoms with Crippen LogP contribution in [0, 0.1) is 0 Å². The number of rotatable bonds is 5. The Morgan fingerprint density at radius 3 is 2.64 bits per heavy atom. The molecule has 0 aromatic carbocycles. The van der Waals surface area contributed by atoms with Crippen LogP contribution in [0.2, 0.25) is 0 Å². The monoisotopic (exact) mass is 194 g/mol. The summed E-state index contributed by atoms with van der Waals surface area (Å²) in [7, 11) is 0. The Labute approximate surface area is 83.2 Å². The first-order chi connectivity index (χ1) is 6.72. The molecule has 0 unspecified atom stereocenters. The van der Waals surface area contributed by atoms with Crippen molar-refractivity contribution in [3.63, 3.8) is 0 Å². The van der Waals surface area contributed by atoms with Crippen molar-refractivity contribution in [1.82, 2.24) is 9.88 Å². The Morgan fingerprint density at radius 2 is 2.14 bits per heavy atom. The van der Waals surface area contributed by atoms with E-state index in [0.29, 0.717) is 6.54 Å². The molecule has 0 spiro atoms. The number of hydrogen-bond donors (Lipinski definition) is 1. The maximum atomic E-state index is 10.5. The van der Waals surface area contributed by atoms with Crippen LogP contribution in [0.25, 0.3) is 0 Å². The number of aromatic nitrogens is 1. The molecule has 0 aliphatic rings. The standard InChI is InChI=1S/C10H14N2O2/c1-2-12(8-10(13)14)7-9-3-5-11-6-4-9/h3-6H,2,7-8H2,1H3,(H,13,14). The van der Waals surface area contributed by atoms with Crippen LogP contribution >= 0.6 is 0 Å². The average Bonchev–Trinajstić information content (AvgIpc) is 2.17. The van der Waals surface area contributed by atoms with E-state index in [0.717, 1.165) is 12.1 Å². The predicted molar refractivity (Wildman–Crippen MR) is 52.8 cm³/mol. The Morgan fingerprint density at radius 1 is 1.50 bits per heavy atom. The number of likely N-dealkylation sites (N-methyl/N-ethyl adjacent to an activating group) is 1. The molecule has 14 heavy (non-hydrogen) atoms. The fourth-order valence-corrected chi connectivity index (χ4v) is 1.22. The summed E-state index contributed by atoms with van der Waals surface area (Å²) in [5.41, 5.74) is 1.09. The third-order valence-electron chi connectivity index (χ3n) is 1.96. The molecule has 1 aromatic rings. The lowest BCUT2D eigenvalue weighted by atomic mass is 10.2. The minimum atomic E-state index is -0.791. The molecule has 0 saturated carbocycles. The van der Waals surface area contributed by atoms with E-state index in [4.69, 9.17) is 5.11 Å². The van der Waals surface area contributed by atoms with Crippen LogP contribution in [-0.2, 0) is 11.3 Å². The van der Waals surface area contributed by atoms with E-state index in [-0.39, 0.29) is 6.54 Å². The van der Waals surface area contributed by atoms with Crippen LogP contribution in [-0.4, -0.2) is 34.0 Å². The van der Waals surface area contributed by atoms with Gasteiger partial charge in [-0.3, -0.25) is 14.7 Å². The Balaban J connectivity index is 2.53.